The lowest BCUT2D eigenvalue weighted by atomic mass is 9.92. The zero-order chi connectivity index (χ0) is 33.9. The first-order valence-corrected chi connectivity index (χ1v) is 20.6. The van der Waals surface area contributed by atoms with Crippen LogP contribution in [0.5, 0.6) is 0 Å². The Morgan fingerprint density at radius 3 is 2.41 bits per heavy atom. The van der Waals surface area contributed by atoms with Crippen LogP contribution in [0.2, 0.25) is 0 Å². The summed E-state index contributed by atoms with van der Waals surface area (Å²) in [6.07, 6.45) is 29.0. The Kier molecular flexibility index (Phi) is 19.9. The number of thioether (sulfide) groups is 1. The van der Waals surface area contributed by atoms with Crippen LogP contribution in [0.25, 0.3) is 12.7 Å². The monoisotopic (exact) mass is 668 g/mol. The fourth-order valence-electron chi connectivity index (χ4n) is 6.79. The number of hydrogen-bond acceptors (Lipinski definition) is 5. The molecule has 2 heterocycles. The predicted octanol–water partition coefficient (Wildman–Crippen LogP) is 11.3. The van der Waals surface area contributed by atoms with E-state index in [1.807, 2.05) is 0 Å². The van der Waals surface area contributed by atoms with E-state index >= 15 is 0 Å². The number of hydrogen-bond donors (Lipinski definition) is 0. The zero-order valence-corrected chi connectivity index (χ0v) is 32.6. The summed E-state index contributed by atoms with van der Waals surface area (Å²) in [7, 11) is 2.29. The third-order valence-electron chi connectivity index (χ3n) is 9.68. The first-order chi connectivity index (χ1) is 22.2. The van der Waals surface area contributed by atoms with E-state index in [2.05, 4.69) is 101 Å². The SMILES string of the molecule is C=CCC(CC)n1c(C/C(CCCC/C=c2\sc(SC)nc2=C)=C(\C)CCCC(C)CCC)cnc1N(C)C(CCC)CCCC. The molecule has 0 saturated carbocycles. The van der Waals surface area contributed by atoms with E-state index in [0.29, 0.717) is 12.1 Å². The van der Waals surface area contributed by atoms with Gasteiger partial charge in [-0.15, -0.1) is 17.9 Å². The Morgan fingerprint density at radius 2 is 1.78 bits per heavy atom. The molecule has 0 bridgehead atoms. The largest absolute Gasteiger partial charge is 0.342 e. The van der Waals surface area contributed by atoms with Crippen LogP contribution in [0.3, 0.4) is 0 Å². The highest BCUT2D eigenvalue weighted by molar-refractivity contribution is 8.00. The van der Waals surface area contributed by atoms with Gasteiger partial charge >= 0.3 is 0 Å². The highest BCUT2D eigenvalue weighted by atomic mass is 32.2. The maximum atomic E-state index is 5.17. The lowest BCUT2D eigenvalue weighted by molar-refractivity contribution is 0.453. The minimum absolute atomic E-state index is 0.384. The summed E-state index contributed by atoms with van der Waals surface area (Å²) in [6, 6.07) is 0.914. The number of anilines is 1. The summed E-state index contributed by atoms with van der Waals surface area (Å²) in [4.78, 5) is 12.3. The van der Waals surface area contributed by atoms with Gasteiger partial charge in [-0.1, -0.05) is 115 Å². The van der Waals surface area contributed by atoms with Crippen LogP contribution in [0, 0.1) is 5.92 Å². The summed E-state index contributed by atoms with van der Waals surface area (Å²) >= 11 is 3.48. The first kappa shape index (κ1) is 40.4. The molecule has 0 spiro atoms. The number of nitrogens with zero attached hydrogens (tertiary/aromatic N) is 4. The van der Waals surface area contributed by atoms with E-state index < -0.39 is 0 Å². The van der Waals surface area contributed by atoms with Crippen molar-refractivity contribution in [2.24, 2.45) is 5.92 Å². The zero-order valence-electron chi connectivity index (χ0n) is 31.0. The number of unbranched alkanes of at least 4 members (excludes halogenated alkanes) is 3. The van der Waals surface area contributed by atoms with Crippen LogP contribution in [0.4, 0.5) is 5.95 Å². The molecule has 0 aliphatic carbocycles. The van der Waals surface area contributed by atoms with E-state index in [0.717, 1.165) is 53.7 Å². The molecule has 46 heavy (non-hydrogen) atoms. The molecular weight excluding hydrogens is 601 g/mol. The van der Waals surface area contributed by atoms with E-state index in [1.165, 1.54) is 87.3 Å². The normalized spacial score (nSPS) is 14.7. The average Bonchev–Trinajstić information content (AvgIpc) is 3.63. The second kappa shape index (κ2) is 22.7. The lowest BCUT2D eigenvalue weighted by Crippen LogP contribution is -2.34. The third kappa shape index (κ3) is 13.0. The van der Waals surface area contributed by atoms with Crippen LogP contribution in [-0.2, 0) is 6.42 Å². The van der Waals surface area contributed by atoms with Crippen molar-refractivity contribution in [2.45, 2.75) is 167 Å². The van der Waals surface area contributed by atoms with Crippen molar-refractivity contribution in [3.05, 3.63) is 45.6 Å². The summed E-state index contributed by atoms with van der Waals surface area (Å²) in [5.74, 6) is 1.97. The summed E-state index contributed by atoms with van der Waals surface area (Å²) in [5.41, 5.74) is 4.60. The third-order valence-corrected chi connectivity index (χ3v) is 11.8. The minimum Gasteiger partial charge on any atom is -0.342 e. The van der Waals surface area contributed by atoms with Gasteiger partial charge in [0.05, 0.1) is 16.1 Å². The van der Waals surface area contributed by atoms with E-state index in [1.54, 1.807) is 34.2 Å². The standard InChI is InChI=1S/C40H68N4S2/c1-11-16-27-36(23-14-4)43(9)39-41-30-37(44(39)35(15-5)22-13-3)29-34(32(7)25-20-24-31(6)21-12-2)26-18-17-19-28-38-33(8)42-40(45-10)46-38/h13,28,30-31,35-36H,3,8,11-12,14-27,29H2,1-2,4-7,9-10H3/b34-32+,38-28-. The summed E-state index contributed by atoms with van der Waals surface area (Å²) < 4.78 is 4.95. The maximum Gasteiger partial charge on any atom is 0.205 e. The van der Waals surface area contributed by atoms with Gasteiger partial charge in [-0.25, -0.2) is 9.97 Å². The molecule has 0 saturated heterocycles. The fourth-order valence-corrected chi connectivity index (χ4v) is 8.31. The van der Waals surface area contributed by atoms with Crippen molar-refractivity contribution < 1.29 is 0 Å². The Hall–Kier alpha value is -1.79. The van der Waals surface area contributed by atoms with Crippen LogP contribution >= 0.6 is 23.1 Å². The Labute approximate surface area is 292 Å². The number of allylic oxidation sites excluding steroid dienone is 3. The quantitative estimate of drug-likeness (QED) is 0.0599. The van der Waals surface area contributed by atoms with Gasteiger partial charge < -0.3 is 9.47 Å². The topological polar surface area (TPSA) is 34.0 Å². The lowest BCUT2D eigenvalue weighted by Gasteiger charge is -2.32. The second-order valence-corrected chi connectivity index (χ2v) is 15.6. The summed E-state index contributed by atoms with van der Waals surface area (Å²) in [6.45, 7) is 22.4. The number of imidazole rings is 1. The smallest absolute Gasteiger partial charge is 0.205 e. The second-order valence-electron chi connectivity index (χ2n) is 13.5. The molecule has 0 amide bonds. The van der Waals surface area contributed by atoms with Crippen LogP contribution < -0.4 is 14.8 Å². The Balaban J connectivity index is 2.37. The van der Waals surface area contributed by atoms with Gasteiger partial charge in [-0.3, -0.25) is 0 Å². The molecule has 2 rings (SSSR count). The number of aromatic nitrogens is 3. The van der Waals surface area contributed by atoms with Crippen molar-refractivity contribution >= 4 is 41.7 Å². The molecule has 3 atom stereocenters. The van der Waals surface area contributed by atoms with Gasteiger partial charge in [0, 0.05) is 31.2 Å². The van der Waals surface area contributed by atoms with Crippen molar-refractivity contribution in [1.29, 1.82) is 0 Å². The molecule has 0 N–H and O–H groups in total. The van der Waals surface area contributed by atoms with Gasteiger partial charge in [-0.05, 0) is 83.3 Å². The van der Waals surface area contributed by atoms with E-state index in [4.69, 9.17) is 4.98 Å². The van der Waals surface area contributed by atoms with Gasteiger partial charge in [0.2, 0.25) is 5.95 Å². The molecule has 260 valence electrons. The molecular formula is C40H68N4S2. The van der Waals surface area contributed by atoms with Gasteiger partial charge in [0.15, 0.2) is 4.34 Å². The van der Waals surface area contributed by atoms with Crippen LogP contribution in [0.1, 0.15) is 156 Å². The molecule has 2 aromatic heterocycles. The fraction of sp³-hybridized carbons (Fsp3) is 0.700. The van der Waals surface area contributed by atoms with Crippen LogP contribution in [0.15, 0.2) is 34.3 Å². The number of rotatable bonds is 25. The van der Waals surface area contributed by atoms with Crippen molar-refractivity contribution in [3.63, 3.8) is 0 Å². The maximum absolute atomic E-state index is 5.17. The van der Waals surface area contributed by atoms with Gasteiger partial charge in [0.25, 0.3) is 0 Å². The molecule has 0 fully saturated rings. The average molecular weight is 669 g/mol. The first-order valence-electron chi connectivity index (χ1n) is 18.5. The molecule has 0 aromatic carbocycles. The van der Waals surface area contributed by atoms with E-state index in [9.17, 15) is 0 Å². The van der Waals surface area contributed by atoms with Crippen LogP contribution in [-0.4, -0.2) is 33.9 Å². The highest BCUT2D eigenvalue weighted by Crippen LogP contribution is 2.32. The molecule has 4 nitrogen and oxygen atoms in total. The molecule has 0 aliphatic rings. The van der Waals surface area contributed by atoms with Crippen molar-refractivity contribution in [3.8, 4) is 0 Å². The minimum atomic E-state index is 0.384. The number of thiazole rings is 1. The predicted molar refractivity (Wildman–Crippen MR) is 209 cm³/mol. The molecule has 0 aliphatic heterocycles. The summed E-state index contributed by atoms with van der Waals surface area (Å²) in [5, 5.41) is 0.929. The Morgan fingerprint density at radius 1 is 1.02 bits per heavy atom. The highest BCUT2D eigenvalue weighted by Gasteiger charge is 2.24. The van der Waals surface area contributed by atoms with Gasteiger partial charge in [0.1, 0.15) is 0 Å². The van der Waals surface area contributed by atoms with Crippen molar-refractivity contribution in [1.82, 2.24) is 14.5 Å². The Bertz CT molecular complexity index is 1270. The molecule has 3 unspecified atom stereocenters. The molecule has 0 radical (unpaired) electrons. The molecule has 2 aromatic rings. The van der Waals surface area contributed by atoms with E-state index in [-0.39, 0.29) is 0 Å². The van der Waals surface area contributed by atoms with Gasteiger partial charge in [-0.2, -0.15) is 0 Å². The molecule has 6 heteroatoms. The van der Waals surface area contributed by atoms with Crippen molar-refractivity contribution in [2.75, 3.05) is 18.2 Å².